The molecule has 0 amide bonds. The average molecular weight is 1600 g/mol. The molecule has 0 radical (unpaired) electrons. The van der Waals surface area contributed by atoms with E-state index in [4.69, 9.17) is 57.0 Å². The van der Waals surface area contributed by atoms with Crippen LogP contribution in [0.3, 0.4) is 0 Å². The molecule has 0 aromatic heterocycles. The van der Waals surface area contributed by atoms with Gasteiger partial charge in [0.1, 0.15) is 104 Å². The Balaban J connectivity index is 1.45. The molecular weight excluding hydrogens is 1540 g/mol. The van der Waals surface area contributed by atoms with Crippen molar-refractivity contribution in [1.29, 1.82) is 0 Å². The van der Waals surface area contributed by atoms with Crippen LogP contribution in [0.1, 0.15) is 32.1 Å². The zero-order valence-electron chi connectivity index (χ0n) is 48.7. The number of nitrogens with one attached hydrogen (secondary N) is 3. The van der Waals surface area contributed by atoms with E-state index in [-0.39, 0.29) is 0 Å². The van der Waals surface area contributed by atoms with Crippen LogP contribution in [-0.4, -0.2) is 325 Å². The second-order valence-corrected chi connectivity index (χ2v) is 29.3. The molecule has 17 N–H and O–H groups in total. The number of hydrogen-bond donors (Lipinski definition) is 18. The largest absolute Gasteiger partial charge is 0.479 e. The summed E-state index contributed by atoms with van der Waals surface area (Å²) in [5.74, 6) is -5.07. The van der Waals surface area contributed by atoms with E-state index < -0.39 is 270 Å². The SMILES string of the molecule is CO[C@H]1O[C@H](COS(=O)(=O)O)[C@@H](O[C@@H]2O[C@@H](C(=O)O)[C@@H](O[C@H]3O[C@H](COS(=O)(=O)O)[C@@H](O[C@@H]4O[C@H](C(=O)O)[C@@H](O[C@H]5O[C@H](COS(=O)(=O)O)[C@@H](O)[C@H](O)[C@H]5NS(=O)(=O)O)[C@H](OCC5CCCCC5)[C@H]4O)[C@H](OOOOS)[C@H]3NS(=O)(=O)O)[C@H](O)[C@H]2OS(=O)(=O)O)[C@H](O)[C@H]1NS(=O)(=O)O. The maximum atomic E-state index is 13.4. The molecule has 6 aliphatic rings. The van der Waals surface area contributed by atoms with Crippen molar-refractivity contribution in [3.63, 3.8) is 0 Å². The monoisotopic (exact) mass is 1600 g/mol. The first-order chi connectivity index (χ1) is 45.1. The third kappa shape index (κ3) is 24.9. The van der Waals surface area contributed by atoms with E-state index in [0.717, 1.165) is 7.11 Å². The summed E-state index contributed by atoms with van der Waals surface area (Å²) in [5.41, 5.74) is 0. The summed E-state index contributed by atoms with van der Waals surface area (Å²) in [6.07, 6.45) is -56.7. The van der Waals surface area contributed by atoms with Crippen LogP contribution < -0.4 is 14.2 Å². The smallest absolute Gasteiger partial charge is 0.397 e. The number of aliphatic hydroxyl groups is 5. The summed E-state index contributed by atoms with van der Waals surface area (Å²) in [6.45, 7) is -5.23. The Bertz CT molecular complexity index is 3480. The number of hydrogen-bond acceptors (Lipinski definition) is 41. The minimum atomic E-state index is -6.11. The lowest BCUT2D eigenvalue weighted by atomic mass is 9.89. The van der Waals surface area contributed by atoms with Gasteiger partial charge in [-0.1, -0.05) is 19.3 Å². The maximum absolute atomic E-state index is 13.4. The minimum Gasteiger partial charge on any atom is -0.479 e. The van der Waals surface area contributed by atoms with Gasteiger partial charge in [0.15, 0.2) is 49.8 Å². The topological polar surface area (TPSA) is 768 Å². The summed E-state index contributed by atoms with van der Waals surface area (Å²) >= 11 is 3.22. The van der Waals surface area contributed by atoms with Crippen LogP contribution in [0.4, 0.5) is 0 Å². The number of carbonyl (C=O) groups is 2. The lowest BCUT2D eigenvalue weighted by Gasteiger charge is -2.50. The number of aliphatic hydroxyl groups excluding tert-OH is 5. The molecule has 98 heavy (non-hydrogen) atoms. The molecule has 25 atom stereocenters. The Kier molecular flexibility index (Phi) is 29.9. The Morgan fingerprint density at radius 2 is 0.867 bits per heavy atom. The van der Waals surface area contributed by atoms with Crippen LogP contribution in [0.2, 0.25) is 0 Å². The Morgan fingerprint density at radius 3 is 1.37 bits per heavy atom. The number of aliphatic carboxylic acids is 2. The van der Waals surface area contributed by atoms with Gasteiger partial charge in [-0.05, 0) is 28.8 Å². The molecule has 0 bridgehead atoms. The lowest BCUT2D eigenvalue weighted by molar-refractivity contribution is -0.620. The second kappa shape index (κ2) is 34.7. The fourth-order valence-electron chi connectivity index (χ4n) is 10.7. The Hall–Kier alpha value is -2.42. The molecule has 52 nitrogen and oxygen atoms in total. The predicted octanol–water partition coefficient (Wildman–Crippen LogP) is -10.3. The quantitative estimate of drug-likeness (QED) is 0.00700. The van der Waals surface area contributed by atoms with Crippen molar-refractivity contribution >= 4 is 97.4 Å². The molecule has 0 spiro atoms. The van der Waals surface area contributed by atoms with Gasteiger partial charge in [0.25, 0.3) is 0 Å². The molecule has 1 saturated carbocycles. The second-order valence-electron chi connectivity index (χ2n) is 21.3. The first-order valence-corrected chi connectivity index (χ1v) is 37.2. The fraction of sp³-hybridized carbons (Fsp3) is 0.947. The third-order valence-electron chi connectivity index (χ3n) is 14.6. The van der Waals surface area contributed by atoms with E-state index in [1.54, 1.807) is 0 Å². The molecule has 0 aromatic carbocycles. The highest BCUT2D eigenvalue weighted by molar-refractivity contribution is 7.84. The van der Waals surface area contributed by atoms with Crippen LogP contribution in [-0.2, 0) is 170 Å². The fourth-order valence-corrected chi connectivity index (χ4v) is 13.9. The van der Waals surface area contributed by atoms with Crippen molar-refractivity contribution in [1.82, 2.24) is 14.2 Å². The van der Waals surface area contributed by atoms with Gasteiger partial charge in [-0.2, -0.15) is 78.0 Å². The molecule has 1 aliphatic carbocycles. The number of ether oxygens (including phenoxy) is 11. The normalized spacial score (nSPS) is 37.7. The van der Waals surface area contributed by atoms with E-state index in [1.165, 1.54) is 14.2 Å². The van der Waals surface area contributed by atoms with E-state index in [9.17, 15) is 136 Å². The van der Waals surface area contributed by atoms with Crippen molar-refractivity contribution < 1.29 is 224 Å². The molecule has 5 saturated heterocycles. The summed E-state index contributed by atoms with van der Waals surface area (Å²) in [7, 11) is -39.0. The Morgan fingerprint density at radius 1 is 0.429 bits per heavy atom. The van der Waals surface area contributed by atoms with Gasteiger partial charge in [-0.3, -0.25) is 31.9 Å². The van der Waals surface area contributed by atoms with Gasteiger partial charge in [0.2, 0.25) is 0 Å². The number of carboxylic acid groups (broad SMARTS) is 2. The standard InChI is InChI=1S/C38H65N3O49S8/c1-72-34-16(40-93(54,55)56)20(44)23(13(78-34)9-75-96(63,64)65)80-38-28(87-98(69,70)71)21(45)27(30(85-38)32(47)48)82-36-17(41-94(57,58)59)25(86-88-89-90-91)24(14(79-36)10-76-97(66,67)68)81-37-22(46)26(73-7-11-5-3-2-4-6-11)29(31(84-37)33(49)50)83-35-15(39-92(51,52)53)19(43)18(42)12(77-35)8-74-95(60,61)62/h11-31,34-46,91H,2-10H2,1H3,(H,47,48)(H,49,50)(H,51,52,53)(H,54,55,56)(H,57,58,59)(H,60,61,62)(H,63,64,65)(H,66,67,68)(H,69,70,71)/t12-,13-,14-,15-,16-,17-,18-,19-,20-,21+,22-,23-,24-,25-,26-,27+,28-,29+,30-,31+,34+,35-,36-,37-,38-/m1/s1. The summed E-state index contributed by atoms with van der Waals surface area (Å²) in [5, 5.41) is 87.4. The highest BCUT2D eigenvalue weighted by atomic mass is 32.3. The number of rotatable bonds is 35. The van der Waals surface area contributed by atoms with E-state index in [2.05, 4.69) is 44.1 Å². The summed E-state index contributed by atoms with van der Waals surface area (Å²) < 4.78 is 325. The first kappa shape index (κ1) is 84.5. The molecule has 5 aliphatic heterocycles. The zero-order chi connectivity index (χ0) is 73.6. The van der Waals surface area contributed by atoms with Gasteiger partial charge < -0.3 is 87.9 Å². The van der Waals surface area contributed by atoms with Gasteiger partial charge in [0, 0.05) is 20.0 Å². The predicted molar refractivity (Wildman–Crippen MR) is 293 cm³/mol. The maximum Gasteiger partial charge on any atom is 0.397 e. The molecule has 6 rings (SSSR count). The Labute approximate surface area is 558 Å². The van der Waals surface area contributed by atoms with E-state index in [1.807, 2.05) is 0 Å². The average Bonchev–Trinajstić information content (AvgIpc) is 0.763. The van der Waals surface area contributed by atoms with Crippen molar-refractivity contribution in [2.45, 2.75) is 185 Å². The number of methoxy groups -OCH3 is 1. The highest BCUT2D eigenvalue weighted by Gasteiger charge is 2.61. The highest BCUT2D eigenvalue weighted by Crippen LogP contribution is 2.40. The van der Waals surface area contributed by atoms with Crippen molar-refractivity contribution in [2.75, 3.05) is 33.5 Å². The van der Waals surface area contributed by atoms with E-state index >= 15 is 0 Å². The van der Waals surface area contributed by atoms with Crippen molar-refractivity contribution in [3.05, 3.63) is 0 Å². The molecule has 5 heterocycles. The van der Waals surface area contributed by atoms with Crippen molar-refractivity contribution in [3.8, 4) is 0 Å². The number of carboxylic acids is 2. The molecule has 0 aromatic rings. The van der Waals surface area contributed by atoms with Crippen LogP contribution in [0, 0.1) is 5.92 Å². The van der Waals surface area contributed by atoms with E-state index in [0.29, 0.717) is 32.1 Å². The third-order valence-corrected chi connectivity index (χ3v) is 18.2. The van der Waals surface area contributed by atoms with Gasteiger partial charge in [0.05, 0.1) is 26.4 Å². The van der Waals surface area contributed by atoms with Crippen LogP contribution in [0.15, 0.2) is 0 Å². The zero-order valence-corrected chi connectivity index (χ0v) is 55.3. The van der Waals surface area contributed by atoms with Crippen LogP contribution >= 0.6 is 12.9 Å². The van der Waals surface area contributed by atoms with Gasteiger partial charge >= 0.3 is 84.4 Å². The van der Waals surface area contributed by atoms with Gasteiger partial charge in [-0.25, -0.2) is 26.3 Å². The molecule has 6 fully saturated rings. The van der Waals surface area contributed by atoms with Crippen molar-refractivity contribution in [2.24, 2.45) is 5.92 Å². The van der Waals surface area contributed by atoms with Gasteiger partial charge in [-0.15, -0.1) is 4.33 Å². The summed E-state index contributed by atoms with van der Waals surface area (Å²) in [4.78, 5) is 31.7. The molecular formula is C38H65N3O49S8. The first-order valence-electron chi connectivity index (χ1n) is 27.0. The minimum absolute atomic E-state index is 0.393. The van der Waals surface area contributed by atoms with Crippen LogP contribution in [0.25, 0.3) is 0 Å². The molecule has 574 valence electrons. The number of thiol groups is 1. The molecule has 0 unspecified atom stereocenters. The van der Waals surface area contributed by atoms with Crippen LogP contribution in [0.5, 0.6) is 0 Å². The lowest BCUT2D eigenvalue weighted by Crippen LogP contribution is -2.71. The summed E-state index contributed by atoms with van der Waals surface area (Å²) in [6, 6.07) is -7.71. The molecule has 60 heteroatoms.